The zero-order valence-electron chi connectivity index (χ0n) is 13.8. The number of rotatable bonds is 3. The molecular formula is C17H20N2O4S. The van der Waals surface area contributed by atoms with Crippen LogP contribution >= 0.6 is 0 Å². The summed E-state index contributed by atoms with van der Waals surface area (Å²) in [5.41, 5.74) is 1.54. The van der Waals surface area contributed by atoms with Gasteiger partial charge in [0.15, 0.2) is 9.84 Å². The Morgan fingerprint density at radius 2 is 2.00 bits per heavy atom. The number of benzene rings is 1. The number of hydrogen-bond acceptors (Lipinski definition) is 4. The predicted molar refractivity (Wildman–Crippen MR) is 89.5 cm³/mol. The van der Waals surface area contributed by atoms with Gasteiger partial charge in [0.25, 0.3) is 0 Å². The average molecular weight is 348 g/mol. The van der Waals surface area contributed by atoms with Crippen LogP contribution in [0.5, 0.6) is 0 Å². The Balaban J connectivity index is 1.71. The van der Waals surface area contributed by atoms with Crippen LogP contribution in [-0.2, 0) is 9.84 Å². The van der Waals surface area contributed by atoms with Crippen LogP contribution < -0.4 is 10.6 Å². The van der Waals surface area contributed by atoms with Crippen molar-refractivity contribution < 1.29 is 17.6 Å². The van der Waals surface area contributed by atoms with E-state index in [9.17, 15) is 13.2 Å². The monoisotopic (exact) mass is 348 g/mol. The van der Waals surface area contributed by atoms with Crippen molar-refractivity contribution in [2.24, 2.45) is 0 Å². The van der Waals surface area contributed by atoms with Gasteiger partial charge in [-0.05, 0) is 38.5 Å². The fraction of sp³-hybridized carbons (Fsp3) is 0.353. The minimum atomic E-state index is -3.34. The Kier molecular flexibility index (Phi) is 4.13. The molecule has 2 amide bonds. The number of hydrogen-bond donors (Lipinski definition) is 2. The zero-order valence-corrected chi connectivity index (χ0v) is 14.6. The Bertz CT molecular complexity index is 886. The highest BCUT2D eigenvalue weighted by molar-refractivity contribution is 7.91. The first kappa shape index (κ1) is 16.6. The number of amides is 2. The molecule has 0 bridgehead atoms. The molecule has 0 fully saturated rings. The van der Waals surface area contributed by atoms with Gasteiger partial charge in [0.05, 0.1) is 22.7 Å². The highest BCUT2D eigenvalue weighted by atomic mass is 32.2. The minimum absolute atomic E-state index is 0.113. The number of carbonyl (C=O) groups excluding carboxylic acids is 1. The summed E-state index contributed by atoms with van der Waals surface area (Å²) in [6.45, 7) is 5.55. The van der Waals surface area contributed by atoms with Crippen LogP contribution in [0.2, 0.25) is 0 Å². The van der Waals surface area contributed by atoms with Crippen LogP contribution in [0, 0.1) is 13.8 Å². The van der Waals surface area contributed by atoms with Crippen molar-refractivity contribution in [3.05, 3.63) is 53.0 Å². The number of sulfone groups is 1. The second kappa shape index (κ2) is 5.98. The van der Waals surface area contributed by atoms with E-state index in [-0.39, 0.29) is 11.8 Å². The van der Waals surface area contributed by atoms with Crippen molar-refractivity contribution in [3.63, 3.8) is 0 Å². The third kappa shape index (κ3) is 3.03. The molecule has 1 aliphatic rings. The maximum absolute atomic E-state index is 12.3. The number of aryl methyl sites for hydroxylation is 2. The molecule has 1 aromatic carbocycles. The quantitative estimate of drug-likeness (QED) is 0.893. The molecule has 2 N–H and O–H groups in total. The van der Waals surface area contributed by atoms with E-state index in [1.165, 1.54) is 0 Å². The molecule has 24 heavy (non-hydrogen) atoms. The molecule has 2 heterocycles. The molecule has 128 valence electrons. The third-order valence-corrected chi connectivity index (χ3v) is 6.03. The number of fused-ring (bicyclic) bond motifs is 1. The smallest absolute Gasteiger partial charge is 0.315 e. The van der Waals surface area contributed by atoms with Gasteiger partial charge in [0.1, 0.15) is 11.5 Å². The lowest BCUT2D eigenvalue weighted by Gasteiger charge is -2.17. The lowest BCUT2D eigenvalue weighted by atomic mass is 10.1. The van der Waals surface area contributed by atoms with Crippen molar-refractivity contribution in [3.8, 4) is 0 Å². The molecule has 0 saturated heterocycles. The van der Waals surface area contributed by atoms with E-state index in [2.05, 4.69) is 10.6 Å². The summed E-state index contributed by atoms with van der Waals surface area (Å²) in [5, 5.41) is 5.59. The largest absolute Gasteiger partial charge is 0.466 e. The fourth-order valence-electron chi connectivity index (χ4n) is 3.12. The topological polar surface area (TPSA) is 88.4 Å². The summed E-state index contributed by atoms with van der Waals surface area (Å²) in [6, 6.07) is 7.47. The molecule has 0 saturated carbocycles. The van der Waals surface area contributed by atoms with Gasteiger partial charge < -0.3 is 15.1 Å². The minimum Gasteiger partial charge on any atom is -0.466 e. The molecule has 2 unspecified atom stereocenters. The SMILES string of the molecule is Cc1cc(C(C)NC(=O)NC2CS(=O)(=O)c3ccccc32)c(C)o1. The summed E-state index contributed by atoms with van der Waals surface area (Å²) < 4.78 is 29.8. The van der Waals surface area contributed by atoms with Crippen LogP contribution in [-0.4, -0.2) is 20.2 Å². The van der Waals surface area contributed by atoms with Crippen LogP contribution in [0.3, 0.4) is 0 Å². The Morgan fingerprint density at radius 3 is 2.67 bits per heavy atom. The van der Waals surface area contributed by atoms with E-state index in [1.54, 1.807) is 24.3 Å². The number of nitrogens with one attached hydrogen (secondary N) is 2. The van der Waals surface area contributed by atoms with E-state index < -0.39 is 21.9 Å². The average Bonchev–Trinajstić information content (AvgIpc) is 2.96. The van der Waals surface area contributed by atoms with E-state index in [0.29, 0.717) is 10.5 Å². The maximum Gasteiger partial charge on any atom is 0.315 e. The normalized spacial score (nSPS) is 19.5. The van der Waals surface area contributed by atoms with Gasteiger partial charge in [0, 0.05) is 5.56 Å². The van der Waals surface area contributed by atoms with Crippen molar-refractivity contribution in [1.29, 1.82) is 0 Å². The second-order valence-electron chi connectivity index (χ2n) is 6.08. The Hall–Kier alpha value is -2.28. The molecule has 2 atom stereocenters. The Morgan fingerprint density at radius 1 is 1.29 bits per heavy atom. The van der Waals surface area contributed by atoms with Gasteiger partial charge in [0.2, 0.25) is 0 Å². The third-order valence-electron chi connectivity index (χ3n) is 4.21. The highest BCUT2D eigenvalue weighted by Crippen LogP contribution is 2.33. The van der Waals surface area contributed by atoms with Gasteiger partial charge in [-0.2, -0.15) is 0 Å². The first-order valence-corrected chi connectivity index (χ1v) is 9.39. The van der Waals surface area contributed by atoms with E-state index in [0.717, 1.165) is 17.1 Å². The van der Waals surface area contributed by atoms with Crippen LogP contribution in [0.4, 0.5) is 4.79 Å². The lowest BCUT2D eigenvalue weighted by molar-refractivity contribution is 0.235. The van der Waals surface area contributed by atoms with Crippen LogP contribution in [0.25, 0.3) is 0 Å². The van der Waals surface area contributed by atoms with Gasteiger partial charge >= 0.3 is 6.03 Å². The first-order valence-electron chi connectivity index (χ1n) is 7.73. The van der Waals surface area contributed by atoms with Crippen molar-refractivity contribution in [2.75, 3.05) is 5.75 Å². The molecule has 2 aromatic rings. The van der Waals surface area contributed by atoms with Crippen molar-refractivity contribution in [2.45, 2.75) is 37.8 Å². The molecule has 0 radical (unpaired) electrons. The number of urea groups is 1. The summed E-state index contributed by atoms with van der Waals surface area (Å²) >= 11 is 0. The maximum atomic E-state index is 12.3. The first-order chi connectivity index (χ1) is 11.3. The molecule has 1 aromatic heterocycles. The van der Waals surface area contributed by atoms with Gasteiger partial charge in [-0.15, -0.1) is 0 Å². The fourth-order valence-corrected chi connectivity index (χ4v) is 4.86. The number of furan rings is 1. The standard InChI is InChI=1S/C17H20N2O4S/c1-10-8-14(12(3)23-10)11(2)18-17(20)19-15-9-24(21,22)16-7-5-4-6-13(15)16/h4-8,11,15H,9H2,1-3H3,(H2,18,19,20). The predicted octanol–water partition coefficient (Wildman–Crippen LogP) is 2.79. The molecule has 0 aliphatic carbocycles. The molecular weight excluding hydrogens is 328 g/mol. The van der Waals surface area contributed by atoms with E-state index in [4.69, 9.17) is 4.42 Å². The van der Waals surface area contributed by atoms with Crippen molar-refractivity contribution in [1.82, 2.24) is 10.6 Å². The summed E-state index contributed by atoms with van der Waals surface area (Å²) in [7, 11) is -3.34. The zero-order chi connectivity index (χ0) is 17.5. The highest BCUT2D eigenvalue weighted by Gasteiger charge is 2.35. The lowest BCUT2D eigenvalue weighted by Crippen LogP contribution is -2.39. The summed E-state index contributed by atoms with van der Waals surface area (Å²) in [6.07, 6.45) is 0. The molecule has 6 nitrogen and oxygen atoms in total. The Labute approximate surface area is 141 Å². The molecule has 0 spiro atoms. The summed E-state index contributed by atoms with van der Waals surface area (Å²) in [5.74, 6) is 1.43. The van der Waals surface area contributed by atoms with Crippen LogP contribution in [0.15, 0.2) is 39.6 Å². The van der Waals surface area contributed by atoms with Gasteiger partial charge in [-0.25, -0.2) is 13.2 Å². The second-order valence-corrected chi connectivity index (χ2v) is 8.08. The molecule has 7 heteroatoms. The van der Waals surface area contributed by atoms with Gasteiger partial charge in [-0.1, -0.05) is 18.2 Å². The molecule has 1 aliphatic heterocycles. The van der Waals surface area contributed by atoms with E-state index in [1.807, 2.05) is 26.8 Å². The van der Waals surface area contributed by atoms with Crippen LogP contribution in [0.1, 0.15) is 41.7 Å². The summed E-state index contributed by atoms with van der Waals surface area (Å²) in [4.78, 5) is 12.6. The number of carbonyl (C=O) groups is 1. The van der Waals surface area contributed by atoms with Gasteiger partial charge in [-0.3, -0.25) is 0 Å². The molecule has 3 rings (SSSR count). The van der Waals surface area contributed by atoms with E-state index >= 15 is 0 Å². The van der Waals surface area contributed by atoms with Crippen molar-refractivity contribution >= 4 is 15.9 Å².